The molecule has 0 aliphatic rings. The summed E-state index contributed by atoms with van der Waals surface area (Å²) in [5.41, 5.74) is 0. The number of esters is 3. The largest absolute Gasteiger partial charge is 0.462 e. The van der Waals surface area contributed by atoms with Crippen molar-refractivity contribution >= 4 is 17.9 Å². The summed E-state index contributed by atoms with van der Waals surface area (Å²) in [5.74, 6) is -0.917. The zero-order chi connectivity index (χ0) is 42.3. The fourth-order valence-electron chi connectivity index (χ4n) is 6.35. The van der Waals surface area contributed by atoms with Crippen LogP contribution < -0.4 is 0 Å². The average molecular weight is 809 g/mol. The molecule has 0 N–H and O–H groups in total. The number of hydrogen-bond donors (Lipinski definition) is 0. The van der Waals surface area contributed by atoms with E-state index in [9.17, 15) is 14.4 Å². The Hall–Kier alpha value is -3.15. The second-order valence-corrected chi connectivity index (χ2v) is 15.6. The molecule has 0 heterocycles. The molecule has 58 heavy (non-hydrogen) atoms. The normalized spacial score (nSPS) is 12.7. The Morgan fingerprint density at radius 2 is 0.707 bits per heavy atom. The third kappa shape index (κ3) is 44.0. The summed E-state index contributed by atoms with van der Waals surface area (Å²) in [4.78, 5) is 37.5. The highest BCUT2D eigenvalue weighted by molar-refractivity contribution is 5.71. The lowest BCUT2D eigenvalue weighted by atomic mass is 10.1. The Labute approximate surface area is 357 Å². The maximum Gasteiger partial charge on any atom is 0.306 e. The van der Waals surface area contributed by atoms with Gasteiger partial charge in [-0.1, -0.05) is 190 Å². The Kier molecular flexibility index (Phi) is 44.0. The zero-order valence-electron chi connectivity index (χ0n) is 37.8. The van der Waals surface area contributed by atoms with Gasteiger partial charge in [0.05, 0.1) is 0 Å². The summed E-state index contributed by atoms with van der Waals surface area (Å²) in [7, 11) is 0. The van der Waals surface area contributed by atoms with Gasteiger partial charge in [0.1, 0.15) is 13.2 Å². The van der Waals surface area contributed by atoms with E-state index in [2.05, 4.69) is 93.7 Å². The Morgan fingerprint density at radius 3 is 1.14 bits per heavy atom. The molecule has 0 aliphatic carbocycles. The van der Waals surface area contributed by atoms with Crippen molar-refractivity contribution in [2.75, 3.05) is 13.2 Å². The summed E-state index contributed by atoms with van der Waals surface area (Å²) >= 11 is 0. The number of rotatable bonds is 42. The third-order valence-electron chi connectivity index (χ3n) is 9.93. The molecule has 0 bridgehead atoms. The van der Waals surface area contributed by atoms with Crippen LogP contribution in [0.15, 0.2) is 72.9 Å². The van der Waals surface area contributed by atoms with Gasteiger partial charge in [0.2, 0.25) is 0 Å². The van der Waals surface area contributed by atoms with Gasteiger partial charge >= 0.3 is 17.9 Å². The van der Waals surface area contributed by atoms with Crippen LogP contribution in [0.1, 0.15) is 220 Å². The maximum absolute atomic E-state index is 12.6. The van der Waals surface area contributed by atoms with Gasteiger partial charge < -0.3 is 14.2 Å². The summed E-state index contributed by atoms with van der Waals surface area (Å²) < 4.78 is 16.6. The number of ether oxygens (including phenoxy) is 3. The van der Waals surface area contributed by atoms with Crippen molar-refractivity contribution in [1.82, 2.24) is 0 Å². The molecule has 0 aromatic carbocycles. The molecular formula is C52H88O6. The van der Waals surface area contributed by atoms with E-state index < -0.39 is 6.10 Å². The zero-order valence-corrected chi connectivity index (χ0v) is 37.8. The van der Waals surface area contributed by atoms with Crippen molar-refractivity contribution in [1.29, 1.82) is 0 Å². The molecule has 0 aromatic heterocycles. The van der Waals surface area contributed by atoms with E-state index in [4.69, 9.17) is 14.2 Å². The highest BCUT2D eigenvalue weighted by atomic mass is 16.6. The SMILES string of the molecule is CC/C=C\C/C=C\C/C=C\C/C=C\C/C=C\CCCCCCCCCCCC(=O)OCC(COC(=O)CCCCCCC)OC(=O)CCCCCCC/C=C\CCC. The average Bonchev–Trinajstić information content (AvgIpc) is 3.22. The second kappa shape index (κ2) is 46.5. The molecule has 1 unspecified atom stereocenters. The minimum absolute atomic E-state index is 0.0816. The molecule has 0 spiro atoms. The predicted molar refractivity (Wildman–Crippen MR) is 247 cm³/mol. The lowest BCUT2D eigenvalue weighted by Gasteiger charge is -2.18. The molecule has 0 radical (unpaired) electrons. The monoisotopic (exact) mass is 809 g/mol. The number of carbonyl (C=O) groups is 3. The van der Waals surface area contributed by atoms with Crippen LogP contribution in [-0.2, 0) is 28.6 Å². The number of hydrogen-bond acceptors (Lipinski definition) is 6. The Morgan fingerprint density at radius 1 is 0.362 bits per heavy atom. The van der Waals surface area contributed by atoms with Crippen LogP contribution >= 0.6 is 0 Å². The molecule has 1 atom stereocenters. The van der Waals surface area contributed by atoms with E-state index in [-0.39, 0.29) is 31.1 Å². The van der Waals surface area contributed by atoms with E-state index in [1.165, 1.54) is 57.8 Å². The number of carbonyl (C=O) groups excluding carboxylic acids is 3. The number of allylic oxidation sites excluding steroid dienone is 12. The molecule has 6 heteroatoms. The van der Waals surface area contributed by atoms with Gasteiger partial charge in [0.15, 0.2) is 6.10 Å². The van der Waals surface area contributed by atoms with E-state index in [1.54, 1.807) is 0 Å². The fraction of sp³-hybridized carbons (Fsp3) is 0.712. The van der Waals surface area contributed by atoms with Crippen molar-refractivity contribution in [3.8, 4) is 0 Å². The van der Waals surface area contributed by atoms with Crippen molar-refractivity contribution < 1.29 is 28.6 Å². The van der Waals surface area contributed by atoms with Gasteiger partial charge in [-0.3, -0.25) is 14.4 Å². The fourth-order valence-corrected chi connectivity index (χ4v) is 6.35. The van der Waals surface area contributed by atoms with Crippen molar-refractivity contribution in [3.05, 3.63) is 72.9 Å². The smallest absolute Gasteiger partial charge is 0.306 e. The first-order valence-electron chi connectivity index (χ1n) is 23.9. The van der Waals surface area contributed by atoms with Crippen LogP contribution in [-0.4, -0.2) is 37.2 Å². The van der Waals surface area contributed by atoms with Gasteiger partial charge in [0.25, 0.3) is 0 Å². The van der Waals surface area contributed by atoms with Gasteiger partial charge in [0, 0.05) is 19.3 Å². The highest BCUT2D eigenvalue weighted by Crippen LogP contribution is 2.14. The number of unbranched alkanes of at least 4 members (excludes halogenated alkanes) is 19. The molecule has 0 rings (SSSR count). The van der Waals surface area contributed by atoms with E-state index in [0.717, 1.165) is 122 Å². The summed E-state index contributed by atoms with van der Waals surface area (Å²) in [6, 6.07) is 0. The van der Waals surface area contributed by atoms with Gasteiger partial charge in [-0.2, -0.15) is 0 Å². The molecule has 0 saturated carbocycles. The van der Waals surface area contributed by atoms with Crippen LogP contribution in [0.2, 0.25) is 0 Å². The minimum atomic E-state index is -0.775. The predicted octanol–water partition coefficient (Wildman–Crippen LogP) is 15.5. The van der Waals surface area contributed by atoms with Crippen LogP contribution in [0.25, 0.3) is 0 Å². The van der Waals surface area contributed by atoms with Crippen LogP contribution in [0.3, 0.4) is 0 Å². The quantitative estimate of drug-likeness (QED) is 0.0264. The van der Waals surface area contributed by atoms with E-state index >= 15 is 0 Å². The first-order valence-corrected chi connectivity index (χ1v) is 23.9. The third-order valence-corrected chi connectivity index (χ3v) is 9.93. The van der Waals surface area contributed by atoms with Crippen molar-refractivity contribution in [2.45, 2.75) is 226 Å². The van der Waals surface area contributed by atoms with Gasteiger partial charge in [-0.05, 0) is 83.5 Å². The molecule has 0 aromatic rings. The summed E-state index contributed by atoms with van der Waals surface area (Å²) in [6.45, 7) is 6.35. The molecular weight excluding hydrogens is 721 g/mol. The lowest BCUT2D eigenvalue weighted by Crippen LogP contribution is -2.30. The minimum Gasteiger partial charge on any atom is -0.462 e. The molecule has 0 saturated heterocycles. The summed E-state index contributed by atoms with van der Waals surface area (Å²) in [6.07, 6.45) is 57.9. The first kappa shape index (κ1) is 54.9. The Balaban J connectivity index is 4.09. The van der Waals surface area contributed by atoms with Crippen molar-refractivity contribution in [3.63, 3.8) is 0 Å². The molecule has 0 amide bonds. The van der Waals surface area contributed by atoms with E-state index in [0.29, 0.717) is 19.3 Å². The van der Waals surface area contributed by atoms with Crippen molar-refractivity contribution in [2.24, 2.45) is 0 Å². The molecule has 0 aliphatic heterocycles. The van der Waals surface area contributed by atoms with Crippen LogP contribution in [0.4, 0.5) is 0 Å². The summed E-state index contributed by atoms with van der Waals surface area (Å²) in [5, 5.41) is 0. The van der Waals surface area contributed by atoms with Crippen LogP contribution in [0, 0.1) is 0 Å². The van der Waals surface area contributed by atoms with E-state index in [1.807, 2.05) is 0 Å². The molecule has 332 valence electrons. The standard InChI is InChI=1S/C52H88O6/c1-4-7-10-13-15-17-19-20-21-22-23-24-25-26-27-28-29-30-31-32-33-35-36-39-42-45-51(54)57-48-49(47-56-50(53)44-41-38-12-9-6-3)58-52(55)46-43-40-37-34-18-16-14-11-8-5-2/h7,10-11,14-15,17,20-21,23-24,26-27,49H,4-6,8-9,12-13,16,18-19,22,25,28-48H2,1-3H3/b10-7-,14-11-,17-15-,21-20-,24-23-,27-26-. The molecule has 0 fully saturated rings. The lowest BCUT2D eigenvalue weighted by molar-refractivity contribution is -0.167. The first-order chi connectivity index (χ1) is 28.5. The Bertz CT molecular complexity index is 1110. The van der Waals surface area contributed by atoms with Gasteiger partial charge in [-0.15, -0.1) is 0 Å². The molecule has 6 nitrogen and oxygen atoms in total. The van der Waals surface area contributed by atoms with Crippen LogP contribution in [0.5, 0.6) is 0 Å². The maximum atomic E-state index is 12.6. The highest BCUT2D eigenvalue weighted by Gasteiger charge is 2.19. The van der Waals surface area contributed by atoms with Gasteiger partial charge in [-0.25, -0.2) is 0 Å². The second-order valence-electron chi connectivity index (χ2n) is 15.6. The topological polar surface area (TPSA) is 78.9 Å².